The van der Waals surface area contributed by atoms with E-state index in [1.165, 1.54) is 24.9 Å². The lowest BCUT2D eigenvalue weighted by Crippen LogP contribution is -2.29. The summed E-state index contributed by atoms with van der Waals surface area (Å²) in [6.45, 7) is 2.17. The van der Waals surface area contributed by atoms with Crippen molar-refractivity contribution in [3.8, 4) is 10.6 Å². The van der Waals surface area contributed by atoms with E-state index >= 15 is 0 Å². The molecule has 0 radical (unpaired) electrons. The van der Waals surface area contributed by atoms with Gasteiger partial charge in [0.05, 0.1) is 10.4 Å². The van der Waals surface area contributed by atoms with Crippen LogP contribution in [0.15, 0.2) is 48.0 Å². The van der Waals surface area contributed by atoms with E-state index in [4.69, 9.17) is 0 Å². The first-order chi connectivity index (χ1) is 12.7. The maximum absolute atomic E-state index is 12.9. The van der Waals surface area contributed by atoms with Crippen molar-refractivity contribution >= 4 is 28.6 Å². The number of nitrogens with one attached hydrogen (secondary N) is 1. The maximum Gasteiger partial charge on any atom is 0.259 e. The number of carbonyl (C=O) groups excluding carboxylic acids is 1. The molecule has 1 aliphatic heterocycles. The first-order valence-electron chi connectivity index (χ1n) is 8.94. The van der Waals surface area contributed by atoms with Crippen molar-refractivity contribution in [2.45, 2.75) is 19.3 Å². The zero-order chi connectivity index (χ0) is 17.9. The monoisotopic (exact) mass is 366 g/mol. The summed E-state index contributed by atoms with van der Waals surface area (Å²) in [4.78, 5) is 16.2. The van der Waals surface area contributed by atoms with Crippen molar-refractivity contribution in [1.82, 2.24) is 9.78 Å². The Morgan fingerprint density at radius 1 is 1.15 bits per heavy atom. The number of aromatic nitrogens is 2. The highest BCUT2D eigenvalue weighted by Gasteiger charge is 2.18. The van der Waals surface area contributed by atoms with Crippen LogP contribution in [-0.2, 0) is 7.05 Å². The predicted octanol–water partition coefficient (Wildman–Crippen LogP) is 4.39. The maximum atomic E-state index is 12.9. The fourth-order valence-electron chi connectivity index (χ4n) is 3.38. The van der Waals surface area contributed by atoms with Gasteiger partial charge in [-0.3, -0.25) is 9.48 Å². The number of rotatable bonds is 4. The van der Waals surface area contributed by atoms with E-state index in [-0.39, 0.29) is 5.91 Å². The van der Waals surface area contributed by atoms with Crippen LogP contribution in [-0.4, -0.2) is 28.8 Å². The van der Waals surface area contributed by atoms with Crippen LogP contribution in [0.25, 0.3) is 10.6 Å². The molecule has 26 heavy (non-hydrogen) atoms. The third-order valence-electron chi connectivity index (χ3n) is 4.65. The summed E-state index contributed by atoms with van der Waals surface area (Å²) < 4.78 is 1.69. The Labute approximate surface area is 157 Å². The van der Waals surface area contributed by atoms with E-state index in [0.717, 1.165) is 29.3 Å². The zero-order valence-corrected chi connectivity index (χ0v) is 15.6. The first-order valence-corrected chi connectivity index (χ1v) is 9.82. The molecule has 1 fully saturated rings. The van der Waals surface area contributed by atoms with Crippen LogP contribution in [0.3, 0.4) is 0 Å². The number of hydrogen-bond donors (Lipinski definition) is 1. The topological polar surface area (TPSA) is 50.2 Å². The predicted molar refractivity (Wildman–Crippen MR) is 107 cm³/mol. The summed E-state index contributed by atoms with van der Waals surface area (Å²) in [6.07, 6.45) is 5.55. The molecular weight excluding hydrogens is 344 g/mol. The normalized spacial score (nSPS) is 14.4. The van der Waals surface area contributed by atoms with Crippen LogP contribution < -0.4 is 10.2 Å². The van der Waals surface area contributed by atoms with Gasteiger partial charge in [0.25, 0.3) is 5.91 Å². The standard InChI is InChI=1S/C20H22N4OS/c1-23-14-17(19(22-23)18-9-6-12-26-18)20(25)21-15-7-5-8-16(13-15)24-10-3-2-4-11-24/h5-9,12-14H,2-4,10-11H2,1H3,(H,21,25). The van der Waals surface area contributed by atoms with E-state index in [9.17, 15) is 4.79 Å². The van der Waals surface area contributed by atoms with Crippen molar-refractivity contribution in [2.24, 2.45) is 7.05 Å². The van der Waals surface area contributed by atoms with Crippen molar-refractivity contribution in [2.75, 3.05) is 23.3 Å². The highest BCUT2D eigenvalue weighted by molar-refractivity contribution is 7.13. The van der Waals surface area contributed by atoms with Gasteiger partial charge in [-0.15, -0.1) is 11.3 Å². The minimum atomic E-state index is -0.128. The minimum absolute atomic E-state index is 0.128. The minimum Gasteiger partial charge on any atom is -0.371 e. The van der Waals surface area contributed by atoms with Gasteiger partial charge in [-0.05, 0) is 48.9 Å². The van der Waals surface area contributed by atoms with Gasteiger partial charge in [-0.2, -0.15) is 5.10 Å². The van der Waals surface area contributed by atoms with E-state index < -0.39 is 0 Å². The smallest absolute Gasteiger partial charge is 0.259 e. The summed E-state index contributed by atoms with van der Waals surface area (Å²) in [5, 5.41) is 9.50. The number of hydrogen-bond acceptors (Lipinski definition) is 4. The summed E-state index contributed by atoms with van der Waals surface area (Å²) in [6, 6.07) is 12.1. The zero-order valence-electron chi connectivity index (χ0n) is 14.8. The van der Waals surface area contributed by atoms with Crippen LogP contribution in [0.4, 0.5) is 11.4 Å². The second-order valence-electron chi connectivity index (χ2n) is 6.59. The van der Waals surface area contributed by atoms with E-state index in [2.05, 4.69) is 27.4 Å². The molecule has 4 rings (SSSR count). The Balaban J connectivity index is 1.56. The number of piperidine rings is 1. The van der Waals surface area contributed by atoms with Crippen molar-refractivity contribution in [1.29, 1.82) is 0 Å². The van der Waals surface area contributed by atoms with Crippen LogP contribution in [0.5, 0.6) is 0 Å². The molecule has 0 aliphatic carbocycles. The number of nitrogens with zero attached hydrogens (tertiary/aromatic N) is 3. The molecule has 3 aromatic rings. The van der Waals surface area contributed by atoms with Crippen LogP contribution >= 0.6 is 11.3 Å². The van der Waals surface area contributed by atoms with Gasteiger partial charge in [-0.1, -0.05) is 12.1 Å². The molecule has 1 aliphatic rings. The number of carbonyl (C=O) groups is 1. The second-order valence-corrected chi connectivity index (χ2v) is 7.54. The average Bonchev–Trinajstić information content (AvgIpc) is 3.32. The molecule has 0 bridgehead atoms. The van der Waals surface area contributed by atoms with Crippen LogP contribution in [0.2, 0.25) is 0 Å². The highest BCUT2D eigenvalue weighted by Crippen LogP contribution is 2.28. The van der Waals surface area contributed by atoms with E-state index in [1.54, 1.807) is 22.2 Å². The molecule has 0 atom stereocenters. The van der Waals surface area contributed by atoms with Crippen molar-refractivity contribution < 1.29 is 4.79 Å². The molecule has 6 heteroatoms. The molecule has 134 valence electrons. The van der Waals surface area contributed by atoms with Gasteiger partial charge in [0, 0.05) is 37.7 Å². The first kappa shape index (κ1) is 16.8. The highest BCUT2D eigenvalue weighted by atomic mass is 32.1. The van der Waals surface area contributed by atoms with Gasteiger partial charge >= 0.3 is 0 Å². The summed E-state index contributed by atoms with van der Waals surface area (Å²) in [5.41, 5.74) is 3.32. The van der Waals surface area contributed by atoms with E-state index in [1.807, 2.05) is 36.7 Å². The fourth-order valence-corrected chi connectivity index (χ4v) is 4.10. The molecule has 2 aromatic heterocycles. The lowest BCUT2D eigenvalue weighted by Gasteiger charge is -2.29. The van der Waals surface area contributed by atoms with Gasteiger partial charge in [0.15, 0.2) is 0 Å². The summed E-state index contributed by atoms with van der Waals surface area (Å²) in [5.74, 6) is -0.128. The van der Waals surface area contributed by atoms with Crippen molar-refractivity contribution in [3.05, 3.63) is 53.5 Å². The summed E-state index contributed by atoms with van der Waals surface area (Å²) >= 11 is 1.59. The van der Waals surface area contributed by atoms with Crippen LogP contribution in [0.1, 0.15) is 29.6 Å². The Morgan fingerprint density at radius 3 is 2.77 bits per heavy atom. The number of thiophene rings is 1. The quantitative estimate of drug-likeness (QED) is 0.745. The third kappa shape index (κ3) is 3.51. The summed E-state index contributed by atoms with van der Waals surface area (Å²) in [7, 11) is 1.84. The van der Waals surface area contributed by atoms with Gasteiger partial charge in [0.2, 0.25) is 0 Å². The Morgan fingerprint density at radius 2 is 2.00 bits per heavy atom. The number of amides is 1. The Bertz CT molecular complexity index is 894. The molecule has 1 aromatic carbocycles. The molecule has 1 amide bonds. The molecule has 3 heterocycles. The van der Waals surface area contributed by atoms with E-state index in [0.29, 0.717) is 5.56 Å². The molecule has 5 nitrogen and oxygen atoms in total. The Hall–Kier alpha value is -2.60. The number of benzene rings is 1. The molecule has 0 unspecified atom stereocenters. The average molecular weight is 366 g/mol. The number of aryl methyl sites for hydroxylation is 1. The molecule has 0 spiro atoms. The number of anilines is 2. The lowest BCUT2D eigenvalue weighted by molar-refractivity contribution is 0.102. The molecule has 1 N–H and O–H groups in total. The SMILES string of the molecule is Cn1cc(C(=O)Nc2cccc(N3CCCCC3)c2)c(-c2cccs2)n1. The third-order valence-corrected chi connectivity index (χ3v) is 5.53. The molecule has 1 saturated heterocycles. The fraction of sp³-hybridized carbons (Fsp3) is 0.300. The van der Waals surface area contributed by atoms with Crippen LogP contribution in [0, 0.1) is 0 Å². The van der Waals surface area contributed by atoms with Gasteiger partial charge in [0.1, 0.15) is 5.69 Å². The van der Waals surface area contributed by atoms with Crippen molar-refractivity contribution in [3.63, 3.8) is 0 Å². The Kier molecular flexibility index (Phi) is 4.75. The largest absolute Gasteiger partial charge is 0.371 e. The lowest BCUT2D eigenvalue weighted by atomic mass is 10.1. The van der Waals surface area contributed by atoms with Gasteiger partial charge < -0.3 is 10.2 Å². The second kappa shape index (κ2) is 7.33. The molecule has 0 saturated carbocycles. The molecular formula is C20H22N4OS. The van der Waals surface area contributed by atoms with Gasteiger partial charge in [-0.25, -0.2) is 0 Å².